The zero-order chi connectivity index (χ0) is 0. The van der Waals surface area contributed by atoms with E-state index in [0.29, 0.717) is 0 Å². The molecular weight excluding hydrogens is 2560 g/mol. The van der Waals surface area contributed by atoms with Crippen molar-refractivity contribution in [2.45, 2.75) is 0 Å². The van der Waals surface area contributed by atoms with Crippen molar-refractivity contribution in [1.82, 2.24) is 0 Å². The molecule has 0 fully saturated rings. The molecule has 0 aliphatic carbocycles. The van der Waals surface area contributed by atoms with Crippen LogP contribution in [0.3, 0.4) is 0 Å². The summed E-state index contributed by atoms with van der Waals surface area (Å²) < 4.78 is 0. The van der Waals surface area contributed by atoms with Crippen LogP contribution >= 0.6 is 99.3 Å². The van der Waals surface area contributed by atoms with Crippen LogP contribution in [0.15, 0.2) is 0 Å². The fourth-order valence-electron chi connectivity index (χ4n) is 0. The number of halogens is 8. The first-order chi connectivity index (χ1) is 0. The average Bonchev–Trinajstić information content (AvgIpc) is 0. The minimum atomic E-state index is 0. The molecule has 0 spiro atoms. The minimum absolute atomic E-state index is 0. The molecule has 0 nitrogen and oxygen atoms in total. The molecule has 0 rings (SSSR count). The zero-order valence-electron chi connectivity index (χ0n) is 102. The molecule has 0 atom stereocenters. The van der Waals surface area contributed by atoms with Gasteiger partial charge in [-0.25, -0.2) is 0 Å². The van der Waals surface area contributed by atoms with Crippen molar-refractivity contribution in [2.24, 2.45) is 0 Å². The maximum atomic E-state index is 0. The molecule has 107 heavy (non-hydrogen) atoms. The molecule has 0 aliphatic rings. The van der Waals surface area contributed by atoms with E-state index in [4.69, 9.17) is 0 Å². The van der Waals surface area contributed by atoms with Gasteiger partial charge < -0.3 is 0 Å². The van der Waals surface area contributed by atoms with E-state index in [0.717, 1.165) is 0 Å². The first kappa shape index (κ1) is 872. The van der Waals surface area contributed by atoms with Crippen LogP contribution in [0.1, 0.15) is 0 Å². The van der Waals surface area contributed by atoms with E-state index in [-0.39, 0.29) is 3030 Å². The first-order valence-electron chi connectivity index (χ1n) is 0. The van der Waals surface area contributed by atoms with Crippen molar-refractivity contribution in [3.05, 3.63) is 0 Å². The van der Waals surface area contributed by atoms with Gasteiger partial charge in [0.05, 0.1) is 0 Å². The molecule has 107 heteroatoms. The first-order valence-corrected chi connectivity index (χ1v) is 0. The van der Waals surface area contributed by atoms with Gasteiger partial charge in [-0.05, 0) is 0 Å². The Morgan fingerprint density at radius 1 is 0.0187 bits per heavy atom. The van der Waals surface area contributed by atoms with E-state index in [9.17, 15) is 0 Å². The van der Waals surface area contributed by atoms with E-state index in [1.807, 2.05) is 0 Å². The van der Waals surface area contributed by atoms with Gasteiger partial charge in [-0.15, -0.1) is 99.3 Å². The molecule has 0 aliphatic heterocycles. The summed E-state index contributed by atoms with van der Waals surface area (Å²) in [4.78, 5) is 0. The van der Waals surface area contributed by atoms with E-state index in [2.05, 4.69) is 0 Å². The van der Waals surface area contributed by atoms with Gasteiger partial charge in [-0.1, -0.05) is 0 Å². The molecule has 0 aromatic rings. The van der Waals surface area contributed by atoms with Gasteiger partial charge in [0, 0.05) is 0 Å². The summed E-state index contributed by atoms with van der Waals surface area (Å²) in [5.74, 6) is 0. The summed E-state index contributed by atoms with van der Waals surface area (Å²) in [7, 11) is 0. The molecule has 64 valence electrons. The second kappa shape index (κ2) is 860. The summed E-state index contributed by atoms with van der Waals surface area (Å²) >= 11 is 0. The van der Waals surface area contributed by atoms with E-state index in [1.54, 1.807) is 0 Å². The Hall–Kier alpha value is 101. The largest absolute Gasteiger partial charge is 1.00 e. The zero-order valence-corrected chi connectivity index (χ0v) is 307. The van der Waals surface area contributed by atoms with Gasteiger partial charge in [0.1, 0.15) is 0 Å². The molecule has 0 heterocycles. The fraction of sp³-hybridized carbons (Fsp3) is 0. The molecule has 0 saturated heterocycles. The standard InChI is InChI=1S/8ClH.99Na/h8*1H;;;;;;;;;;;;;;;;;;;;;;;;;;;;;;;;;;;;;;;;;;;;;;;;;;;;;;;;;;;;;;;;;;;;;;;;;;;;;;;;;;;;;;;;;;;;;;;;;;;/q;;;;;;;;99*+1. The topological polar surface area (TPSA) is 0 Å². The van der Waals surface area contributed by atoms with Crippen LogP contribution < -0.4 is 2930 Å². The minimum Gasteiger partial charge on any atom is -0.147 e. The van der Waals surface area contributed by atoms with Gasteiger partial charge in [0.25, 0.3) is 0 Å². The van der Waals surface area contributed by atoms with Crippen molar-refractivity contribution in [1.29, 1.82) is 0 Å². The van der Waals surface area contributed by atoms with Crippen LogP contribution in [0, 0.1) is 0 Å². The maximum Gasteiger partial charge on any atom is 1.00 e. The van der Waals surface area contributed by atoms with Crippen molar-refractivity contribution in [3.63, 3.8) is 0 Å². The second-order valence-corrected chi connectivity index (χ2v) is 0. The molecule has 0 N–H and O–H groups in total. The average molecular weight is 2570 g/mol. The van der Waals surface area contributed by atoms with Crippen molar-refractivity contribution in [3.8, 4) is 0 Å². The van der Waals surface area contributed by atoms with Crippen molar-refractivity contribution in [2.75, 3.05) is 0 Å². The number of hydrogen-bond acceptors (Lipinski definition) is 0. The SMILES string of the molecule is Cl.Cl.Cl.Cl.Cl.Cl.Cl.Cl.[Na+].[Na+].[Na+].[Na+].[Na+].[Na+].[Na+].[Na+].[Na+].[Na+].[Na+].[Na+].[Na+].[Na+].[Na+].[Na+].[Na+].[Na+].[Na+].[Na+].[Na+].[Na+].[Na+].[Na+].[Na+].[Na+].[Na+].[Na+].[Na+].[Na+].[Na+].[Na+].[Na+].[Na+].[Na+].[Na+].[Na+].[Na+].[Na+].[Na+].[Na+].[Na+].[Na+].[Na+].[Na+].[Na+].[Na+].[Na+].[Na+].[Na+].[Na+].[Na+].[Na+].[Na+].[Na+].[Na+].[Na+].[Na+].[Na+].[Na+].[Na+].[Na+].[Na+].[Na+].[Na+].[Na+].[Na+].[Na+].[Na+].[Na+].[Na+].[Na+].[Na+].[Na+].[Na+].[Na+].[Na+].[Na+].[Na+].[Na+].[Na+].[Na+].[Na+].[Na+].[Na+].[Na+].[Na+].[Na+].[Na+].[Na+].[Na+].[Na+].[Na+].[Na+].[Na+].[Na+].[Na+].[Na+].[Na+]. The second-order valence-electron chi connectivity index (χ2n) is 0. The van der Waals surface area contributed by atoms with E-state index >= 15 is 0 Å². The van der Waals surface area contributed by atoms with Crippen molar-refractivity contribution < 1.29 is 2930 Å². The third kappa shape index (κ3) is 851. The summed E-state index contributed by atoms with van der Waals surface area (Å²) in [6, 6.07) is 0. The third-order valence-electron chi connectivity index (χ3n) is 0. The predicted octanol–water partition coefficient (Wildman–Crippen LogP) is -293. The Morgan fingerprint density at radius 2 is 0.0187 bits per heavy atom. The van der Waals surface area contributed by atoms with Crippen LogP contribution in [0.2, 0.25) is 0 Å². The molecule has 0 aromatic carbocycles. The summed E-state index contributed by atoms with van der Waals surface area (Å²) in [5, 5.41) is 0. The summed E-state index contributed by atoms with van der Waals surface area (Å²) in [6.45, 7) is 0. The normalized spacial score (nSPS) is 0. The van der Waals surface area contributed by atoms with Gasteiger partial charge in [-0.3, -0.25) is 0 Å². The van der Waals surface area contributed by atoms with Gasteiger partial charge in [-0.2, -0.15) is 0 Å². The molecule has 0 bridgehead atoms. The molecule has 0 saturated carbocycles. The number of hydrogen-bond donors (Lipinski definition) is 0. The molecule has 0 aromatic heterocycles. The Labute approximate surface area is 2910 Å². The molecular formula is H8Cl8Na99+99. The Bertz CT molecular complexity index is 41.0. The quantitative estimate of drug-likeness (QED) is 0.212. The van der Waals surface area contributed by atoms with Gasteiger partial charge in [0.2, 0.25) is 0 Å². The summed E-state index contributed by atoms with van der Waals surface area (Å²) in [6.07, 6.45) is 0. The third-order valence-corrected chi connectivity index (χ3v) is 0. The van der Waals surface area contributed by atoms with Gasteiger partial charge >= 0.3 is 2930 Å². The van der Waals surface area contributed by atoms with Crippen molar-refractivity contribution >= 4 is 99.3 Å². The number of rotatable bonds is 0. The van der Waals surface area contributed by atoms with Gasteiger partial charge in [0.15, 0.2) is 0 Å². The fourth-order valence-corrected chi connectivity index (χ4v) is 0. The molecule has 0 amide bonds. The van der Waals surface area contributed by atoms with E-state index in [1.165, 1.54) is 0 Å². The van der Waals surface area contributed by atoms with Crippen LogP contribution in [0.5, 0.6) is 0 Å². The monoisotopic (exact) mass is 2560 g/mol. The smallest absolute Gasteiger partial charge is 0.147 e. The van der Waals surface area contributed by atoms with Crippen LogP contribution in [0.4, 0.5) is 0 Å². The Balaban J connectivity index is 0. The predicted molar refractivity (Wildman–Crippen MR) is 58.0 cm³/mol. The van der Waals surface area contributed by atoms with Crippen LogP contribution in [-0.2, 0) is 0 Å². The maximum absolute atomic E-state index is 0. The van der Waals surface area contributed by atoms with Crippen LogP contribution in [-0.4, -0.2) is 0 Å². The molecule has 0 radical (unpaired) electrons. The summed E-state index contributed by atoms with van der Waals surface area (Å²) in [5.41, 5.74) is 0. The van der Waals surface area contributed by atoms with Crippen LogP contribution in [0.25, 0.3) is 0 Å². The van der Waals surface area contributed by atoms with E-state index < -0.39 is 0 Å². The molecule has 0 unspecified atom stereocenters. The Kier molecular flexibility index (Phi) is 7010. The Morgan fingerprint density at radius 3 is 0.0187 bits per heavy atom.